The molecule has 0 saturated heterocycles. The molecule has 0 spiro atoms. The number of amides is 1. The maximum atomic E-state index is 11.7. The van der Waals surface area contributed by atoms with Crippen LogP contribution in [0, 0.1) is 0 Å². The third-order valence-electron chi connectivity index (χ3n) is 4.26. The monoisotopic (exact) mass is 301 g/mol. The third-order valence-corrected chi connectivity index (χ3v) is 4.26. The van der Waals surface area contributed by atoms with Crippen molar-refractivity contribution in [2.24, 2.45) is 0 Å². The largest absolute Gasteiger partial charge is 0.374 e. The van der Waals surface area contributed by atoms with Crippen LogP contribution in [0.5, 0.6) is 0 Å². The zero-order chi connectivity index (χ0) is 15.9. The summed E-state index contributed by atoms with van der Waals surface area (Å²) in [5, 5.41) is 0. The van der Waals surface area contributed by atoms with Crippen LogP contribution in [0.25, 0.3) is 5.57 Å². The van der Waals surface area contributed by atoms with Crippen LogP contribution < -0.4 is 0 Å². The van der Waals surface area contributed by atoms with E-state index < -0.39 is 0 Å². The van der Waals surface area contributed by atoms with E-state index in [1.54, 1.807) is 6.92 Å². The molecule has 3 nitrogen and oxygen atoms in total. The van der Waals surface area contributed by atoms with Crippen molar-refractivity contribution in [3.8, 4) is 0 Å². The van der Waals surface area contributed by atoms with E-state index in [9.17, 15) is 4.79 Å². The second-order valence-electron chi connectivity index (χ2n) is 6.05. The number of hydrogen-bond acceptors (Lipinski definition) is 2. The van der Waals surface area contributed by atoms with Crippen LogP contribution in [0.4, 0.5) is 0 Å². The Kier molecular flexibility index (Phi) is 6.20. The molecule has 1 aliphatic rings. The fraction of sp³-hybridized carbons (Fsp3) is 0.526. The zero-order valence-electron chi connectivity index (χ0n) is 14.0. The van der Waals surface area contributed by atoms with Gasteiger partial charge in [-0.15, -0.1) is 0 Å². The van der Waals surface area contributed by atoms with Crippen molar-refractivity contribution < 1.29 is 9.53 Å². The average molecular weight is 301 g/mol. The van der Waals surface area contributed by atoms with Crippen LogP contribution in [0.2, 0.25) is 0 Å². The Balaban J connectivity index is 2.18. The van der Waals surface area contributed by atoms with Gasteiger partial charge < -0.3 is 9.64 Å². The van der Waals surface area contributed by atoms with Crippen LogP contribution in [0.1, 0.15) is 45.6 Å². The highest BCUT2D eigenvalue weighted by molar-refractivity contribution is 5.79. The van der Waals surface area contributed by atoms with E-state index in [0.29, 0.717) is 19.3 Å². The smallest absolute Gasteiger partial charge is 0.219 e. The van der Waals surface area contributed by atoms with Gasteiger partial charge in [0.1, 0.15) is 0 Å². The molecule has 0 radical (unpaired) electrons. The predicted octanol–water partition coefficient (Wildman–Crippen LogP) is 3.90. The van der Waals surface area contributed by atoms with Gasteiger partial charge in [0.15, 0.2) is 0 Å². The quantitative estimate of drug-likeness (QED) is 0.797. The summed E-state index contributed by atoms with van der Waals surface area (Å²) in [6, 6.07) is 10.4. The summed E-state index contributed by atoms with van der Waals surface area (Å²) in [4.78, 5) is 13.6. The topological polar surface area (TPSA) is 29.5 Å². The van der Waals surface area contributed by atoms with Gasteiger partial charge in [-0.3, -0.25) is 4.79 Å². The summed E-state index contributed by atoms with van der Waals surface area (Å²) in [7, 11) is 0. The minimum absolute atomic E-state index is 0.146. The molecule has 2 rings (SSSR count). The molecule has 0 aliphatic carbocycles. The second kappa shape index (κ2) is 8.14. The molecule has 0 unspecified atom stereocenters. The number of carbonyl (C=O) groups excluding carboxylic acids is 1. The minimum Gasteiger partial charge on any atom is -0.374 e. The third kappa shape index (κ3) is 4.44. The number of ether oxygens (including phenoxy) is 1. The van der Waals surface area contributed by atoms with E-state index >= 15 is 0 Å². The molecule has 22 heavy (non-hydrogen) atoms. The lowest BCUT2D eigenvalue weighted by Crippen LogP contribution is -2.35. The number of rotatable bonds is 6. The van der Waals surface area contributed by atoms with Gasteiger partial charge in [-0.1, -0.05) is 43.7 Å². The van der Waals surface area contributed by atoms with Crippen LogP contribution in [-0.4, -0.2) is 36.6 Å². The van der Waals surface area contributed by atoms with Gasteiger partial charge in [0, 0.05) is 20.0 Å². The first-order valence-electron chi connectivity index (χ1n) is 8.25. The first kappa shape index (κ1) is 16.8. The number of carbonyl (C=O) groups is 1. The highest BCUT2D eigenvalue weighted by Crippen LogP contribution is 2.27. The fourth-order valence-electron chi connectivity index (χ4n) is 2.90. The minimum atomic E-state index is 0.146. The molecule has 0 N–H and O–H groups in total. The van der Waals surface area contributed by atoms with Crippen molar-refractivity contribution in [2.45, 2.75) is 46.1 Å². The highest BCUT2D eigenvalue weighted by atomic mass is 16.5. The summed E-state index contributed by atoms with van der Waals surface area (Å²) in [5.41, 5.74) is 3.80. The van der Waals surface area contributed by atoms with Gasteiger partial charge in [-0.05, 0) is 36.5 Å². The van der Waals surface area contributed by atoms with Gasteiger partial charge in [0.05, 0.1) is 12.7 Å². The molecule has 1 aliphatic heterocycles. The molecule has 0 fully saturated rings. The van der Waals surface area contributed by atoms with Gasteiger partial charge in [0.2, 0.25) is 5.91 Å². The first-order valence-corrected chi connectivity index (χ1v) is 8.25. The molecule has 3 heteroatoms. The Morgan fingerprint density at radius 2 is 2.05 bits per heavy atom. The normalized spacial score (nSPS) is 16.8. The fourth-order valence-corrected chi connectivity index (χ4v) is 2.90. The summed E-state index contributed by atoms with van der Waals surface area (Å²) in [6.07, 6.45) is 3.43. The van der Waals surface area contributed by atoms with E-state index in [1.165, 1.54) is 16.7 Å². The van der Waals surface area contributed by atoms with Gasteiger partial charge in [-0.25, -0.2) is 0 Å². The van der Waals surface area contributed by atoms with Crippen molar-refractivity contribution in [3.05, 3.63) is 41.5 Å². The molecule has 0 saturated carbocycles. The van der Waals surface area contributed by atoms with E-state index in [2.05, 4.69) is 26.0 Å². The maximum absolute atomic E-state index is 11.7. The van der Waals surface area contributed by atoms with Crippen LogP contribution in [-0.2, 0) is 9.53 Å². The summed E-state index contributed by atoms with van der Waals surface area (Å²) in [5.74, 6) is 0.146. The molecular weight excluding hydrogens is 274 g/mol. The Morgan fingerprint density at radius 3 is 2.68 bits per heavy atom. The Morgan fingerprint density at radius 1 is 1.32 bits per heavy atom. The molecule has 1 heterocycles. The summed E-state index contributed by atoms with van der Waals surface area (Å²) >= 11 is 0. The van der Waals surface area contributed by atoms with Crippen molar-refractivity contribution in [1.82, 2.24) is 4.90 Å². The Labute approximate surface area is 134 Å². The summed E-state index contributed by atoms with van der Waals surface area (Å²) in [6.45, 7) is 8.13. The SMILES string of the molecule is CCC[C@H](C)OCC1=C(c2ccccc2)CN(C(C)=O)CC1. The molecule has 0 aromatic heterocycles. The van der Waals surface area contributed by atoms with E-state index in [1.807, 2.05) is 23.1 Å². The maximum Gasteiger partial charge on any atom is 0.219 e. The van der Waals surface area contributed by atoms with E-state index in [-0.39, 0.29) is 5.91 Å². The molecule has 1 atom stereocenters. The van der Waals surface area contributed by atoms with Crippen LogP contribution in [0.3, 0.4) is 0 Å². The van der Waals surface area contributed by atoms with Crippen molar-refractivity contribution in [3.63, 3.8) is 0 Å². The zero-order valence-corrected chi connectivity index (χ0v) is 14.0. The lowest BCUT2D eigenvalue weighted by Gasteiger charge is -2.31. The Bertz CT molecular complexity index is 521. The summed E-state index contributed by atoms with van der Waals surface area (Å²) < 4.78 is 6.01. The molecule has 1 amide bonds. The molecular formula is C19H27NO2. The molecule has 0 bridgehead atoms. The van der Waals surface area contributed by atoms with Gasteiger partial charge in [0.25, 0.3) is 0 Å². The van der Waals surface area contributed by atoms with Crippen LogP contribution in [0.15, 0.2) is 35.9 Å². The van der Waals surface area contributed by atoms with Gasteiger partial charge >= 0.3 is 0 Å². The molecule has 1 aromatic carbocycles. The van der Waals surface area contributed by atoms with Crippen molar-refractivity contribution in [2.75, 3.05) is 19.7 Å². The first-order chi connectivity index (χ1) is 10.6. The Hall–Kier alpha value is -1.61. The number of hydrogen-bond donors (Lipinski definition) is 0. The van der Waals surface area contributed by atoms with Gasteiger partial charge in [-0.2, -0.15) is 0 Å². The lowest BCUT2D eigenvalue weighted by atomic mass is 9.94. The molecule has 1 aromatic rings. The van der Waals surface area contributed by atoms with E-state index in [4.69, 9.17) is 4.74 Å². The number of nitrogens with zero attached hydrogens (tertiary/aromatic N) is 1. The van der Waals surface area contributed by atoms with Crippen molar-refractivity contribution in [1.29, 1.82) is 0 Å². The second-order valence-corrected chi connectivity index (χ2v) is 6.05. The van der Waals surface area contributed by atoms with Crippen LogP contribution >= 0.6 is 0 Å². The molecule has 120 valence electrons. The predicted molar refractivity (Wildman–Crippen MR) is 90.6 cm³/mol. The van der Waals surface area contributed by atoms with E-state index in [0.717, 1.165) is 25.8 Å². The standard InChI is InChI=1S/C19H27NO2/c1-4-8-15(2)22-14-18-11-12-20(16(3)21)13-19(18)17-9-6-5-7-10-17/h5-7,9-10,15H,4,8,11-14H2,1-3H3/t15-/m0/s1. The lowest BCUT2D eigenvalue weighted by molar-refractivity contribution is -0.128. The van der Waals surface area contributed by atoms with Crippen molar-refractivity contribution >= 4 is 11.5 Å². The number of benzene rings is 1. The average Bonchev–Trinajstić information content (AvgIpc) is 2.54. The highest BCUT2D eigenvalue weighted by Gasteiger charge is 2.22.